The van der Waals surface area contributed by atoms with Crippen molar-refractivity contribution in [1.82, 2.24) is 15.8 Å². The number of nitrogens with two attached hydrogens (primary N) is 2. The lowest BCUT2D eigenvalue weighted by molar-refractivity contribution is -0.146. The zero-order valence-corrected chi connectivity index (χ0v) is 32.8. The Morgan fingerprint density at radius 3 is 1.38 bits per heavy atom. The van der Waals surface area contributed by atoms with Gasteiger partial charge in [0.2, 0.25) is 0 Å². The molecule has 0 aromatic rings. The third-order valence-electron chi connectivity index (χ3n) is 10.0. The van der Waals surface area contributed by atoms with Crippen LogP contribution in [0.4, 0.5) is 0 Å². The molecule has 0 fully saturated rings. The monoisotopic (exact) mass is 716 g/mol. The highest BCUT2D eigenvalue weighted by atomic mass is 16.4. The summed E-state index contributed by atoms with van der Waals surface area (Å²) < 4.78 is 0. The summed E-state index contributed by atoms with van der Waals surface area (Å²) in [4.78, 5) is 12.8. The highest BCUT2D eigenvalue weighted by Gasteiger charge is 2.33. The third kappa shape index (κ3) is 29.7. The number of hydrogen-bond donors (Lipinski definition) is 8. The maximum Gasteiger partial charge on any atom is 0.251 e. The molecule has 0 bridgehead atoms. The molecule has 0 saturated carbocycles. The van der Waals surface area contributed by atoms with Crippen molar-refractivity contribution in [3.8, 4) is 0 Å². The van der Waals surface area contributed by atoms with Gasteiger partial charge in [0.15, 0.2) is 6.10 Å². The molecule has 0 heterocycles. The van der Waals surface area contributed by atoms with E-state index in [1.165, 1.54) is 129 Å². The molecular formula is C40H85N5O5. The third-order valence-corrected chi connectivity index (χ3v) is 10.0. The smallest absolute Gasteiger partial charge is 0.251 e. The molecule has 0 aliphatic heterocycles. The van der Waals surface area contributed by atoms with Gasteiger partial charge in [0.05, 0.1) is 6.10 Å². The molecule has 10 nitrogen and oxygen atoms in total. The highest BCUT2D eigenvalue weighted by Crippen LogP contribution is 2.17. The first kappa shape index (κ1) is 49.1. The zero-order chi connectivity index (χ0) is 37.1. The van der Waals surface area contributed by atoms with Crippen molar-refractivity contribution in [3.63, 3.8) is 0 Å². The van der Waals surface area contributed by atoms with Crippen LogP contribution < -0.4 is 22.2 Å². The number of amides is 1. The summed E-state index contributed by atoms with van der Waals surface area (Å²) in [6.45, 7) is 7.63. The summed E-state index contributed by atoms with van der Waals surface area (Å²) in [5.41, 5.74) is 14.7. The molecule has 0 aliphatic rings. The Bertz CT molecular complexity index is 720. The number of aliphatic hydroxyl groups excluding tert-OH is 4. The van der Waals surface area contributed by atoms with Crippen molar-refractivity contribution >= 4 is 5.91 Å². The average molecular weight is 716 g/mol. The number of unbranched alkanes of at least 4 members (excludes halogenated alkanes) is 21. The Balaban J connectivity index is 4.23. The minimum atomic E-state index is -1.80. The van der Waals surface area contributed by atoms with Gasteiger partial charge in [-0.05, 0) is 58.5 Å². The van der Waals surface area contributed by atoms with Crippen molar-refractivity contribution < 1.29 is 25.2 Å². The fraction of sp³-hybridized carbons (Fsp3) is 0.975. The lowest BCUT2D eigenvalue weighted by Crippen LogP contribution is -2.52. The van der Waals surface area contributed by atoms with Crippen LogP contribution in [0.3, 0.4) is 0 Å². The summed E-state index contributed by atoms with van der Waals surface area (Å²) in [5.74, 6) is -0.707. The van der Waals surface area contributed by atoms with Gasteiger partial charge in [0.1, 0.15) is 12.2 Å². The van der Waals surface area contributed by atoms with Gasteiger partial charge >= 0.3 is 0 Å². The van der Waals surface area contributed by atoms with Gasteiger partial charge in [-0.1, -0.05) is 142 Å². The molecule has 10 heteroatoms. The molecule has 0 rings (SSSR count). The van der Waals surface area contributed by atoms with E-state index in [1.54, 1.807) is 0 Å². The van der Waals surface area contributed by atoms with Crippen LogP contribution in [0.5, 0.6) is 0 Å². The molecule has 0 radical (unpaired) electrons. The predicted octanol–water partition coefficient (Wildman–Crippen LogP) is 6.21. The summed E-state index contributed by atoms with van der Waals surface area (Å²) in [6, 6.07) is -0.133. The largest absolute Gasteiger partial charge is 0.391 e. The van der Waals surface area contributed by atoms with Crippen LogP contribution >= 0.6 is 0 Å². The van der Waals surface area contributed by atoms with Crippen LogP contribution in [0.25, 0.3) is 0 Å². The number of carbonyl (C=O) groups excluding carboxylic acids is 1. The van der Waals surface area contributed by atoms with E-state index in [2.05, 4.69) is 22.7 Å². The molecule has 10 N–H and O–H groups in total. The van der Waals surface area contributed by atoms with Crippen LogP contribution in [-0.4, -0.2) is 94.5 Å². The summed E-state index contributed by atoms with van der Waals surface area (Å²) in [6.07, 6.45) is 26.8. The molecular weight excluding hydrogens is 630 g/mol. The first-order chi connectivity index (χ1) is 24.3. The molecule has 0 aromatic heterocycles. The van der Waals surface area contributed by atoms with Crippen LogP contribution in [0.2, 0.25) is 0 Å². The fourth-order valence-electron chi connectivity index (χ4n) is 6.58. The van der Waals surface area contributed by atoms with Crippen molar-refractivity contribution in [1.29, 1.82) is 0 Å². The Morgan fingerprint density at radius 1 is 0.560 bits per heavy atom. The van der Waals surface area contributed by atoms with Gasteiger partial charge in [-0.25, -0.2) is 5.01 Å². The van der Waals surface area contributed by atoms with Gasteiger partial charge in [0.25, 0.3) is 5.91 Å². The van der Waals surface area contributed by atoms with Crippen molar-refractivity contribution in [2.24, 2.45) is 11.5 Å². The Morgan fingerprint density at radius 2 is 0.960 bits per heavy atom. The van der Waals surface area contributed by atoms with E-state index in [-0.39, 0.29) is 6.04 Å². The van der Waals surface area contributed by atoms with Gasteiger partial charge in [-0.15, -0.1) is 0 Å². The number of rotatable bonds is 39. The van der Waals surface area contributed by atoms with E-state index < -0.39 is 30.3 Å². The van der Waals surface area contributed by atoms with Gasteiger partial charge in [-0.3, -0.25) is 10.2 Å². The van der Waals surface area contributed by atoms with E-state index >= 15 is 0 Å². The number of nitrogens with zero attached hydrogens (tertiary/aromatic N) is 1. The van der Waals surface area contributed by atoms with E-state index in [0.717, 1.165) is 77.5 Å². The number of hydrogen-bond acceptors (Lipinski definition) is 9. The number of aliphatic hydroxyl groups is 4. The molecule has 1 unspecified atom stereocenters. The topological polar surface area (TPSA) is 177 Å². The second kappa shape index (κ2) is 36.5. The van der Waals surface area contributed by atoms with Crippen molar-refractivity contribution in [2.45, 2.75) is 218 Å². The second-order valence-electron chi connectivity index (χ2n) is 14.9. The van der Waals surface area contributed by atoms with E-state index in [4.69, 9.17) is 11.5 Å². The van der Waals surface area contributed by atoms with E-state index in [1.807, 2.05) is 0 Å². The lowest BCUT2D eigenvalue weighted by Gasteiger charge is -2.27. The SMILES string of the molecule is CCCCN(CCCC(CCCCCCCCCCCCCCCCCCCCCCCN)NC(=O)[C@H](O)[C@@H](O)[C@H](O)[C@@H](C)O)NCCCN. The van der Waals surface area contributed by atoms with Gasteiger partial charge in [-0.2, -0.15) is 0 Å². The van der Waals surface area contributed by atoms with Gasteiger partial charge in [0, 0.05) is 25.7 Å². The Labute approximate surface area is 308 Å². The van der Waals surface area contributed by atoms with Crippen LogP contribution in [0, 0.1) is 0 Å². The maximum absolute atomic E-state index is 12.8. The van der Waals surface area contributed by atoms with Crippen LogP contribution in [0.15, 0.2) is 0 Å². The Kier molecular flexibility index (Phi) is 35.9. The van der Waals surface area contributed by atoms with Crippen LogP contribution in [0.1, 0.15) is 187 Å². The normalized spacial score (nSPS) is 14.9. The molecule has 50 heavy (non-hydrogen) atoms. The fourth-order valence-corrected chi connectivity index (χ4v) is 6.58. The highest BCUT2D eigenvalue weighted by molar-refractivity contribution is 5.81. The number of hydrazine groups is 1. The molecule has 0 saturated heterocycles. The maximum atomic E-state index is 12.8. The van der Waals surface area contributed by atoms with Gasteiger partial charge < -0.3 is 37.2 Å². The molecule has 5 atom stereocenters. The summed E-state index contributed by atoms with van der Waals surface area (Å²) in [7, 11) is 0. The van der Waals surface area contributed by atoms with Crippen molar-refractivity contribution in [3.05, 3.63) is 0 Å². The summed E-state index contributed by atoms with van der Waals surface area (Å²) in [5, 5.41) is 45.2. The standard InChI is InChI=1S/C40H85N5O5/c1-3-4-33-45(43-32-27-31-42)34-26-29-36(44-40(50)39(49)38(48)37(47)35(2)46)28-24-22-20-18-16-14-12-10-8-6-5-7-9-11-13-15-17-19-21-23-25-30-41/h35-39,43,46-49H,3-34,41-42H2,1-2H3,(H,44,50)/t35-,36?,37-,38+,39-/m1/s1. The number of nitrogens with one attached hydrogen (secondary N) is 2. The first-order valence-electron chi connectivity index (χ1n) is 21.2. The molecule has 1 amide bonds. The average Bonchev–Trinajstić information content (AvgIpc) is 3.11. The zero-order valence-electron chi connectivity index (χ0n) is 32.8. The lowest BCUT2D eigenvalue weighted by atomic mass is 9.99. The molecule has 0 aliphatic carbocycles. The molecule has 0 spiro atoms. The quantitative estimate of drug-likeness (QED) is 0.0272. The first-order valence-corrected chi connectivity index (χ1v) is 21.2. The molecule has 0 aromatic carbocycles. The van der Waals surface area contributed by atoms with E-state index in [9.17, 15) is 25.2 Å². The minimum absolute atomic E-state index is 0.133. The predicted molar refractivity (Wildman–Crippen MR) is 210 cm³/mol. The Hall–Kier alpha value is -0.850. The van der Waals surface area contributed by atoms with Crippen molar-refractivity contribution in [2.75, 3.05) is 32.7 Å². The number of carbonyl (C=O) groups is 1. The second-order valence-corrected chi connectivity index (χ2v) is 14.9. The molecule has 300 valence electrons. The summed E-state index contributed by atoms with van der Waals surface area (Å²) >= 11 is 0. The van der Waals surface area contributed by atoms with Crippen LogP contribution in [-0.2, 0) is 4.79 Å². The van der Waals surface area contributed by atoms with E-state index in [0.29, 0.717) is 6.54 Å². The minimum Gasteiger partial charge on any atom is -0.391 e.